The molecule has 0 saturated heterocycles. The molecule has 0 aliphatic rings. The van der Waals surface area contributed by atoms with Gasteiger partial charge in [-0.25, -0.2) is 4.18 Å². The Morgan fingerprint density at radius 3 is 1.88 bits per heavy atom. The predicted octanol–water partition coefficient (Wildman–Crippen LogP) is 3.40. The molecule has 0 amide bonds. The van der Waals surface area contributed by atoms with E-state index in [4.69, 9.17) is 9.29 Å². The summed E-state index contributed by atoms with van der Waals surface area (Å²) in [4.78, 5) is 11.4. The number of carbonyl (C=O) groups is 1. The standard InChI is InChI=1S/C16H32O6S.Na.H/c1-3-4-5-6-7-8-9-10-11-12-13-21-16(17)14-15(2)22-23(18,19)20;;/h15H,3-14H2,1-2H3,(H,18,19,20);;. The first-order valence-electron chi connectivity index (χ1n) is 8.66. The van der Waals surface area contributed by atoms with Crippen molar-refractivity contribution in [2.24, 2.45) is 0 Å². The van der Waals surface area contributed by atoms with E-state index in [1.54, 1.807) is 0 Å². The molecule has 0 rings (SSSR count). The number of rotatable bonds is 15. The molecule has 0 heterocycles. The molecule has 0 aromatic carbocycles. The maximum absolute atomic E-state index is 11.4. The molecule has 0 aromatic heterocycles. The van der Waals surface area contributed by atoms with E-state index in [0.717, 1.165) is 19.3 Å². The van der Waals surface area contributed by atoms with Crippen LogP contribution in [0, 0.1) is 0 Å². The van der Waals surface area contributed by atoms with E-state index in [1.165, 1.54) is 51.9 Å². The van der Waals surface area contributed by atoms with Crippen molar-refractivity contribution < 1.29 is 26.7 Å². The fraction of sp³-hybridized carbons (Fsp3) is 0.938. The first kappa shape index (κ1) is 26.6. The minimum atomic E-state index is -4.52. The quantitative estimate of drug-likeness (QED) is 0.204. The van der Waals surface area contributed by atoms with Crippen LogP contribution in [-0.2, 0) is 24.1 Å². The zero-order valence-corrected chi connectivity index (χ0v) is 15.3. The summed E-state index contributed by atoms with van der Waals surface area (Å²) in [6.07, 6.45) is 10.9. The predicted molar refractivity (Wildman–Crippen MR) is 96.7 cm³/mol. The molecule has 140 valence electrons. The maximum atomic E-state index is 11.4. The van der Waals surface area contributed by atoms with Gasteiger partial charge in [-0.15, -0.1) is 0 Å². The third-order valence-corrected chi connectivity index (χ3v) is 4.07. The number of hydrogen-bond acceptors (Lipinski definition) is 5. The number of hydrogen-bond donors (Lipinski definition) is 1. The minimum absolute atomic E-state index is 0. The summed E-state index contributed by atoms with van der Waals surface area (Å²) < 4.78 is 38.6. The van der Waals surface area contributed by atoms with Crippen LogP contribution in [0.2, 0.25) is 0 Å². The van der Waals surface area contributed by atoms with Crippen LogP contribution in [0.4, 0.5) is 0 Å². The molecule has 0 aliphatic carbocycles. The molecule has 8 heteroatoms. The Morgan fingerprint density at radius 2 is 1.42 bits per heavy atom. The van der Waals surface area contributed by atoms with Crippen LogP contribution in [0.1, 0.15) is 84.5 Å². The third kappa shape index (κ3) is 20.4. The van der Waals surface area contributed by atoms with Gasteiger partial charge in [0.2, 0.25) is 0 Å². The van der Waals surface area contributed by atoms with Crippen LogP contribution >= 0.6 is 0 Å². The zero-order valence-electron chi connectivity index (χ0n) is 14.5. The van der Waals surface area contributed by atoms with Gasteiger partial charge in [-0.2, -0.15) is 8.42 Å². The Morgan fingerprint density at radius 1 is 0.958 bits per heavy atom. The van der Waals surface area contributed by atoms with Crippen LogP contribution in [0.3, 0.4) is 0 Å². The monoisotopic (exact) mass is 376 g/mol. The van der Waals surface area contributed by atoms with E-state index in [-0.39, 0.29) is 36.0 Å². The van der Waals surface area contributed by atoms with Gasteiger partial charge in [-0.1, -0.05) is 64.7 Å². The van der Waals surface area contributed by atoms with Crippen LogP contribution < -0.4 is 0 Å². The van der Waals surface area contributed by atoms with Gasteiger partial charge in [-0.3, -0.25) is 9.35 Å². The molecule has 0 spiro atoms. The van der Waals surface area contributed by atoms with Gasteiger partial charge in [0.25, 0.3) is 0 Å². The van der Waals surface area contributed by atoms with Crippen molar-refractivity contribution in [3.05, 3.63) is 0 Å². The molecule has 1 N–H and O–H groups in total. The van der Waals surface area contributed by atoms with E-state index in [2.05, 4.69) is 11.1 Å². The number of esters is 1. The third-order valence-electron chi connectivity index (χ3n) is 3.50. The fourth-order valence-corrected chi connectivity index (χ4v) is 2.79. The normalized spacial score (nSPS) is 12.5. The van der Waals surface area contributed by atoms with Crippen molar-refractivity contribution in [1.29, 1.82) is 0 Å². The second-order valence-corrected chi connectivity index (χ2v) is 6.99. The molecular formula is C16H33NaO6S. The van der Waals surface area contributed by atoms with Crippen LogP contribution in [-0.4, -0.2) is 61.2 Å². The van der Waals surface area contributed by atoms with Gasteiger partial charge in [-0.05, 0) is 13.3 Å². The Balaban J connectivity index is 0. The average Bonchev–Trinajstić information content (AvgIpc) is 2.42. The van der Waals surface area contributed by atoms with E-state index in [1.807, 2.05) is 0 Å². The van der Waals surface area contributed by atoms with Crippen molar-refractivity contribution in [3.8, 4) is 0 Å². The van der Waals surface area contributed by atoms with Crippen molar-refractivity contribution in [3.63, 3.8) is 0 Å². The summed E-state index contributed by atoms with van der Waals surface area (Å²) >= 11 is 0. The molecule has 1 unspecified atom stereocenters. The summed E-state index contributed by atoms with van der Waals surface area (Å²) in [5.74, 6) is -0.517. The van der Waals surface area contributed by atoms with E-state index >= 15 is 0 Å². The molecule has 6 nitrogen and oxygen atoms in total. The van der Waals surface area contributed by atoms with Gasteiger partial charge in [0.15, 0.2) is 0 Å². The van der Waals surface area contributed by atoms with Crippen molar-refractivity contribution in [1.82, 2.24) is 0 Å². The summed E-state index contributed by atoms with van der Waals surface area (Å²) in [6, 6.07) is 0. The van der Waals surface area contributed by atoms with Gasteiger partial charge in [0.05, 0.1) is 19.1 Å². The second-order valence-electron chi connectivity index (χ2n) is 5.94. The Bertz CT molecular complexity index is 399. The number of carbonyl (C=O) groups excluding carboxylic acids is 1. The Kier molecular flexibility index (Phi) is 18.6. The fourth-order valence-electron chi connectivity index (χ4n) is 2.31. The molecule has 0 bridgehead atoms. The number of ether oxygens (including phenoxy) is 1. The van der Waals surface area contributed by atoms with E-state index in [9.17, 15) is 13.2 Å². The van der Waals surface area contributed by atoms with E-state index < -0.39 is 22.5 Å². The molecule has 0 aliphatic heterocycles. The number of unbranched alkanes of at least 4 members (excludes halogenated alkanes) is 9. The summed E-state index contributed by atoms with van der Waals surface area (Å²) in [5.41, 5.74) is 0. The molecule has 0 fully saturated rings. The first-order chi connectivity index (χ1) is 10.8. The van der Waals surface area contributed by atoms with Crippen LogP contribution in [0.5, 0.6) is 0 Å². The molecule has 0 saturated carbocycles. The van der Waals surface area contributed by atoms with Crippen molar-refractivity contribution in [2.75, 3.05) is 6.61 Å². The van der Waals surface area contributed by atoms with Gasteiger partial charge in [0, 0.05) is 0 Å². The van der Waals surface area contributed by atoms with Crippen molar-refractivity contribution in [2.45, 2.75) is 90.6 Å². The molecule has 1 atom stereocenters. The zero-order chi connectivity index (χ0) is 17.6. The topological polar surface area (TPSA) is 89.9 Å². The molecule has 0 aromatic rings. The summed E-state index contributed by atoms with van der Waals surface area (Å²) in [5, 5.41) is 0. The van der Waals surface area contributed by atoms with Gasteiger partial charge >= 0.3 is 45.9 Å². The van der Waals surface area contributed by atoms with Crippen LogP contribution in [0.15, 0.2) is 0 Å². The van der Waals surface area contributed by atoms with Crippen LogP contribution in [0.25, 0.3) is 0 Å². The Labute approximate surface area is 169 Å². The molecule has 0 radical (unpaired) electrons. The van der Waals surface area contributed by atoms with Crippen molar-refractivity contribution >= 4 is 45.9 Å². The summed E-state index contributed by atoms with van der Waals surface area (Å²) in [6.45, 7) is 3.94. The average molecular weight is 376 g/mol. The SMILES string of the molecule is CCCCCCCCCCCCOC(=O)CC(C)OS(=O)(=O)O.[NaH]. The van der Waals surface area contributed by atoms with E-state index in [0.29, 0.717) is 6.61 Å². The molecule has 24 heavy (non-hydrogen) atoms. The van der Waals surface area contributed by atoms with Gasteiger partial charge < -0.3 is 4.74 Å². The Hall–Kier alpha value is 0.340. The van der Waals surface area contributed by atoms with Gasteiger partial charge in [0.1, 0.15) is 0 Å². The first-order valence-corrected chi connectivity index (χ1v) is 10.0. The second kappa shape index (κ2) is 16.8. The summed E-state index contributed by atoms with van der Waals surface area (Å²) in [7, 11) is -4.52. The molecular weight excluding hydrogens is 343 g/mol.